The van der Waals surface area contributed by atoms with Crippen molar-refractivity contribution in [2.24, 2.45) is 0 Å². The Morgan fingerprint density at radius 3 is 1.00 bits per heavy atom. The van der Waals surface area contributed by atoms with Crippen LogP contribution in [0.2, 0.25) is 0 Å². The molecule has 96 valence electrons. The zero-order valence-corrected chi connectivity index (χ0v) is 10.8. The third-order valence-corrected chi connectivity index (χ3v) is 2.71. The minimum atomic E-state index is 0. The molecule has 0 spiro atoms. The Kier molecular flexibility index (Phi) is 26.4. The van der Waals surface area contributed by atoms with Crippen molar-refractivity contribution >= 4 is 0 Å². The number of hydrogen-bond donors (Lipinski definition) is 0. The van der Waals surface area contributed by atoms with E-state index in [1.54, 1.807) is 0 Å². The topological polar surface area (TPSA) is 63.0 Å². The molecule has 2 nitrogen and oxygen atoms in total. The zero-order chi connectivity index (χ0) is 9.78. The van der Waals surface area contributed by atoms with Crippen molar-refractivity contribution in [2.75, 3.05) is 0 Å². The molecule has 0 atom stereocenters. The summed E-state index contributed by atoms with van der Waals surface area (Å²) in [7, 11) is 0. The molecule has 0 bridgehead atoms. The van der Waals surface area contributed by atoms with Gasteiger partial charge >= 0.3 is 0 Å². The first-order valence-electron chi connectivity index (χ1n) is 6.41. The standard InChI is InChI=1S/C7H16.C6H12.2H2O/c1-3-5-7-6-4-2;1-2-4-6-5-3-1;;/h3-7H2,1-2H3;1-6H2;2*1H2. The summed E-state index contributed by atoms with van der Waals surface area (Å²) in [6.07, 6.45) is 16.0. The number of hydrogen-bond acceptors (Lipinski definition) is 0. The normalized spacial score (nSPS) is 14.0. The van der Waals surface area contributed by atoms with Gasteiger partial charge < -0.3 is 11.0 Å². The Bertz CT molecular complexity index is 65.1. The van der Waals surface area contributed by atoms with Gasteiger partial charge in [-0.15, -0.1) is 0 Å². The minimum absolute atomic E-state index is 0. The van der Waals surface area contributed by atoms with Gasteiger partial charge in [0.25, 0.3) is 0 Å². The van der Waals surface area contributed by atoms with Crippen LogP contribution in [0.5, 0.6) is 0 Å². The van der Waals surface area contributed by atoms with Gasteiger partial charge in [-0.05, 0) is 0 Å². The molecule has 4 N–H and O–H groups in total. The van der Waals surface area contributed by atoms with Crippen LogP contribution in [0.15, 0.2) is 0 Å². The molecule has 0 aliphatic heterocycles. The molecule has 0 aromatic rings. The van der Waals surface area contributed by atoms with Crippen LogP contribution in [0.4, 0.5) is 0 Å². The van der Waals surface area contributed by atoms with E-state index in [0.717, 1.165) is 0 Å². The van der Waals surface area contributed by atoms with Crippen LogP contribution in [-0.2, 0) is 0 Å². The number of rotatable bonds is 4. The molecule has 1 fully saturated rings. The fourth-order valence-electron chi connectivity index (χ4n) is 1.74. The largest absolute Gasteiger partial charge is 0.412 e. The van der Waals surface area contributed by atoms with E-state index in [9.17, 15) is 0 Å². The van der Waals surface area contributed by atoms with Gasteiger partial charge in [-0.25, -0.2) is 0 Å². The van der Waals surface area contributed by atoms with E-state index in [1.165, 1.54) is 70.6 Å². The first-order valence-corrected chi connectivity index (χ1v) is 6.41. The SMILES string of the molecule is C1CCCCC1.CCCCCCC.O.O. The molecule has 0 heterocycles. The van der Waals surface area contributed by atoms with Crippen molar-refractivity contribution in [3.8, 4) is 0 Å². The van der Waals surface area contributed by atoms with Crippen molar-refractivity contribution in [2.45, 2.75) is 84.5 Å². The van der Waals surface area contributed by atoms with Gasteiger partial charge in [0, 0.05) is 0 Å². The Balaban J connectivity index is -0.000000170. The maximum Gasteiger partial charge on any atom is -0.0533 e. The molecule has 1 aliphatic carbocycles. The Morgan fingerprint density at radius 2 is 0.800 bits per heavy atom. The molecule has 0 aromatic heterocycles. The summed E-state index contributed by atoms with van der Waals surface area (Å²) >= 11 is 0. The quantitative estimate of drug-likeness (QED) is 0.649. The lowest BCUT2D eigenvalue weighted by molar-refractivity contribution is 0.504. The molecule has 2 heteroatoms. The second-order valence-electron chi connectivity index (χ2n) is 4.18. The molecule has 0 aromatic carbocycles. The summed E-state index contributed by atoms with van der Waals surface area (Å²) in [6, 6.07) is 0. The fraction of sp³-hybridized carbons (Fsp3) is 1.00. The Hall–Kier alpha value is -0.0800. The summed E-state index contributed by atoms with van der Waals surface area (Å²) in [4.78, 5) is 0. The van der Waals surface area contributed by atoms with Crippen molar-refractivity contribution in [3.05, 3.63) is 0 Å². The van der Waals surface area contributed by atoms with Crippen molar-refractivity contribution in [1.82, 2.24) is 0 Å². The van der Waals surface area contributed by atoms with Crippen molar-refractivity contribution in [3.63, 3.8) is 0 Å². The Labute approximate surface area is 96.1 Å². The average Bonchev–Trinajstić information content (AvgIpc) is 2.22. The molecule has 0 saturated heterocycles. The third kappa shape index (κ3) is 20.1. The zero-order valence-electron chi connectivity index (χ0n) is 10.8. The van der Waals surface area contributed by atoms with Gasteiger partial charge in [0.1, 0.15) is 0 Å². The lowest BCUT2D eigenvalue weighted by Gasteiger charge is -2.05. The highest BCUT2D eigenvalue weighted by Gasteiger charge is 1.95. The van der Waals surface area contributed by atoms with Gasteiger partial charge in [0.15, 0.2) is 0 Å². The van der Waals surface area contributed by atoms with Crippen molar-refractivity contribution in [1.29, 1.82) is 0 Å². The molecule has 0 unspecified atom stereocenters. The van der Waals surface area contributed by atoms with Crippen LogP contribution in [-0.4, -0.2) is 11.0 Å². The van der Waals surface area contributed by atoms with Gasteiger partial charge in [0.2, 0.25) is 0 Å². The molecular formula is C13H32O2. The van der Waals surface area contributed by atoms with Gasteiger partial charge in [-0.1, -0.05) is 84.5 Å². The molecule has 0 radical (unpaired) electrons. The summed E-state index contributed by atoms with van der Waals surface area (Å²) in [5.41, 5.74) is 0. The average molecular weight is 220 g/mol. The highest BCUT2D eigenvalue weighted by atomic mass is 16.0. The van der Waals surface area contributed by atoms with Crippen LogP contribution in [0.3, 0.4) is 0 Å². The highest BCUT2D eigenvalue weighted by Crippen LogP contribution is 2.15. The minimum Gasteiger partial charge on any atom is -0.412 e. The summed E-state index contributed by atoms with van der Waals surface area (Å²) in [5.74, 6) is 0. The molecule has 15 heavy (non-hydrogen) atoms. The van der Waals surface area contributed by atoms with Crippen LogP contribution >= 0.6 is 0 Å². The first-order chi connectivity index (χ1) is 6.41. The maximum absolute atomic E-state index is 2.25. The van der Waals surface area contributed by atoms with Gasteiger partial charge in [-0.3, -0.25) is 0 Å². The van der Waals surface area contributed by atoms with E-state index in [4.69, 9.17) is 0 Å². The van der Waals surface area contributed by atoms with Gasteiger partial charge in [0.05, 0.1) is 0 Å². The highest BCUT2D eigenvalue weighted by molar-refractivity contribution is 4.51. The lowest BCUT2D eigenvalue weighted by atomic mass is 10.0. The second-order valence-corrected chi connectivity index (χ2v) is 4.18. The second kappa shape index (κ2) is 19.5. The van der Waals surface area contributed by atoms with E-state index >= 15 is 0 Å². The molecule has 1 rings (SSSR count). The summed E-state index contributed by atoms with van der Waals surface area (Å²) in [5, 5.41) is 0. The molecule has 1 aliphatic rings. The predicted octanol–water partition coefficient (Wildman–Crippen LogP) is 3.67. The van der Waals surface area contributed by atoms with Crippen molar-refractivity contribution < 1.29 is 11.0 Å². The van der Waals surface area contributed by atoms with Crippen LogP contribution < -0.4 is 0 Å². The number of unbranched alkanes of at least 4 members (excludes halogenated alkanes) is 4. The van der Waals surface area contributed by atoms with Crippen LogP contribution in [0, 0.1) is 0 Å². The Morgan fingerprint density at radius 1 is 0.533 bits per heavy atom. The van der Waals surface area contributed by atoms with Gasteiger partial charge in [-0.2, -0.15) is 0 Å². The predicted molar refractivity (Wildman–Crippen MR) is 69.4 cm³/mol. The third-order valence-electron chi connectivity index (χ3n) is 2.71. The summed E-state index contributed by atoms with van der Waals surface area (Å²) in [6.45, 7) is 4.49. The fourth-order valence-corrected chi connectivity index (χ4v) is 1.74. The maximum atomic E-state index is 2.25. The van der Waals surface area contributed by atoms with Crippen LogP contribution in [0.1, 0.15) is 84.5 Å². The van der Waals surface area contributed by atoms with Crippen LogP contribution in [0.25, 0.3) is 0 Å². The van der Waals surface area contributed by atoms with E-state index in [2.05, 4.69) is 13.8 Å². The first kappa shape index (κ1) is 20.3. The smallest absolute Gasteiger partial charge is 0.0533 e. The lowest BCUT2D eigenvalue weighted by Crippen LogP contribution is -1.85. The van der Waals surface area contributed by atoms with E-state index in [0.29, 0.717) is 0 Å². The molecular weight excluding hydrogens is 188 g/mol. The van der Waals surface area contributed by atoms with E-state index in [1.807, 2.05) is 0 Å². The van der Waals surface area contributed by atoms with E-state index < -0.39 is 0 Å². The molecule has 0 amide bonds. The molecule has 1 saturated carbocycles. The summed E-state index contributed by atoms with van der Waals surface area (Å²) < 4.78 is 0. The van der Waals surface area contributed by atoms with E-state index in [-0.39, 0.29) is 11.0 Å². The monoisotopic (exact) mass is 220 g/mol.